The summed E-state index contributed by atoms with van der Waals surface area (Å²) in [6.07, 6.45) is 0.998. The summed E-state index contributed by atoms with van der Waals surface area (Å²) in [4.78, 5) is 12.9. The van der Waals surface area contributed by atoms with Gasteiger partial charge in [0.05, 0.1) is 5.88 Å². The molecule has 4 heteroatoms. The lowest BCUT2D eigenvalue weighted by Crippen LogP contribution is -2.10. The van der Waals surface area contributed by atoms with E-state index in [1.165, 1.54) is 0 Å². The van der Waals surface area contributed by atoms with Gasteiger partial charge in [-0.15, -0.1) is 11.6 Å². The van der Waals surface area contributed by atoms with Crippen LogP contribution < -0.4 is 5.56 Å². The Kier molecular flexibility index (Phi) is 2.06. The summed E-state index contributed by atoms with van der Waals surface area (Å²) >= 11 is 5.32. The van der Waals surface area contributed by atoms with Crippen LogP contribution >= 0.6 is 11.6 Å². The van der Waals surface area contributed by atoms with Crippen molar-refractivity contribution in [2.45, 2.75) is 5.88 Å². The highest BCUT2D eigenvalue weighted by atomic mass is 35.5. The van der Waals surface area contributed by atoms with Gasteiger partial charge in [0.2, 0.25) is 0 Å². The monoisotopic (exact) mass is 161 g/mol. The molecule has 0 aliphatic rings. The molecule has 1 aromatic heterocycles. The largest absolute Gasteiger partial charge is 0.326 e. The second kappa shape index (κ2) is 2.84. The third-order valence-corrected chi connectivity index (χ3v) is 1.38. The molecule has 0 aliphatic carbocycles. The molecular formula is C6H5ClFNO. The van der Waals surface area contributed by atoms with Gasteiger partial charge in [-0.3, -0.25) is 4.79 Å². The SMILES string of the molecule is O=c1[nH]cc(F)cc1CCl. The molecule has 1 N–H and O–H groups in total. The van der Waals surface area contributed by atoms with Crippen LogP contribution in [0.1, 0.15) is 5.56 Å². The van der Waals surface area contributed by atoms with E-state index in [-0.39, 0.29) is 17.0 Å². The molecule has 0 atom stereocenters. The predicted octanol–water partition coefficient (Wildman–Crippen LogP) is 1.25. The van der Waals surface area contributed by atoms with Crippen molar-refractivity contribution >= 4 is 11.6 Å². The van der Waals surface area contributed by atoms with Crippen LogP contribution in [0.5, 0.6) is 0 Å². The first-order chi connectivity index (χ1) is 4.74. The predicted molar refractivity (Wildman–Crippen MR) is 36.6 cm³/mol. The van der Waals surface area contributed by atoms with Gasteiger partial charge in [0.15, 0.2) is 0 Å². The van der Waals surface area contributed by atoms with E-state index in [0.29, 0.717) is 0 Å². The summed E-state index contributed by atoms with van der Waals surface area (Å²) in [5, 5.41) is 0. The van der Waals surface area contributed by atoms with E-state index < -0.39 is 5.82 Å². The van der Waals surface area contributed by atoms with E-state index in [2.05, 4.69) is 4.98 Å². The Morgan fingerprint density at radius 2 is 2.40 bits per heavy atom. The van der Waals surface area contributed by atoms with E-state index in [1.54, 1.807) is 0 Å². The molecular weight excluding hydrogens is 157 g/mol. The van der Waals surface area contributed by atoms with Crippen LogP contribution in [0.3, 0.4) is 0 Å². The molecule has 0 spiro atoms. The van der Waals surface area contributed by atoms with Crippen molar-refractivity contribution in [1.29, 1.82) is 0 Å². The topological polar surface area (TPSA) is 32.9 Å². The van der Waals surface area contributed by atoms with Crippen LogP contribution in [-0.4, -0.2) is 4.98 Å². The quantitative estimate of drug-likeness (QED) is 0.618. The van der Waals surface area contributed by atoms with Gasteiger partial charge in [0.1, 0.15) is 5.82 Å². The normalized spacial score (nSPS) is 9.80. The van der Waals surface area contributed by atoms with Gasteiger partial charge in [0.25, 0.3) is 5.56 Å². The van der Waals surface area contributed by atoms with Crippen molar-refractivity contribution in [1.82, 2.24) is 4.98 Å². The second-order valence-corrected chi connectivity index (χ2v) is 2.07. The van der Waals surface area contributed by atoms with E-state index in [9.17, 15) is 9.18 Å². The van der Waals surface area contributed by atoms with E-state index in [0.717, 1.165) is 12.3 Å². The number of alkyl halides is 1. The molecule has 0 saturated carbocycles. The molecule has 0 bridgehead atoms. The lowest BCUT2D eigenvalue weighted by Gasteiger charge is -1.91. The Balaban J connectivity index is 3.22. The minimum Gasteiger partial charge on any atom is -0.326 e. The molecule has 0 amide bonds. The molecule has 1 heterocycles. The molecule has 0 saturated heterocycles. The molecule has 0 unspecified atom stereocenters. The van der Waals surface area contributed by atoms with E-state index in [1.807, 2.05) is 0 Å². The maximum absolute atomic E-state index is 12.3. The van der Waals surface area contributed by atoms with Gasteiger partial charge < -0.3 is 4.98 Å². The van der Waals surface area contributed by atoms with Crippen LogP contribution in [0.2, 0.25) is 0 Å². The van der Waals surface area contributed by atoms with Crippen LogP contribution in [0.15, 0.2) is 17.1 Å². The number of hydrogen-bond donors (Lipinski definition) is 1. The zero-order chi connectivity index (χ0) is 7.56. The van der Waals surface area contributed by atoms with E-state index in [4.69, 9.17) is 11.6 Å². The minimum atomic E-state index is -0.477. The zero-order valence-corrected chi connectivity index (χ0v) is 5.78. The third-order valence-electron chi connectivity index (χ3n) is 1.09. The number of pyridine rings is 1. The van der Waals surface area contributed by atoms with Gasteiger partial charge in [-0.05, 0) is 6.07 Å². The average Bonchev–Trinajstić information content (AvgIpc) is 1.94. The van der Waals surface area contributed by atoms with Crippen molar-refractivity contribution in [3.63, 3.8) is 0 Å². The van der Waals surface area contributed by atoms with Crippen LogP contribution in [0.25, 0.3) is 0 Å². The van der Waals surface area contributed by atoms with Crippen molar-refractivity contribution in [3.8, 4) is 0 Å². The van der Waals surface area contributed by atoms with Crippen LogP contribution in [0.4, 0.5) is 4.39 Å². The highest BCUT2D eigenvalue weighted by molar-refractivity contribution is 6.17. The summed E-state index contributed by atoms with van der Waals surface area (Å²) in [5.41, 5.74) is -0.0851. The summed E-state index contributed by atoms with van der Waals surface area (Å²) in [6.45, 7) is 0. The summed E-state index contributed by atoms with van der Waals surface area (Å²) in [7, 11) is 0. The van der Waals surface area contributed by atoms with E-state index >= 15 is 0 Å². The summed E-state index contributed by atoms with van der Waals surface area (Å²) in [5.74, 6) is -0.442. The van der Waals surface area contributed by atoms with Gasteiger partial charge in [-0.1, -0.05) is 0 Å². The number of H-pyrrole nitrogens is 1. The van der Waals surface area contributed by atoms with Gasteiger partial charge >= 0.3 is 0 Å². The fraction of sp³-hybridized carbons (Fsp3) is 0.167. The highest BCUT2D eigenvalue weighted by Gasteiger charge is 1.97. The van der Waals surface area contributed by atoms with Crippen molar-refractivity contribution in [3.05, 3.63) is 34.0 Å². The number of nitrogens with one attached hydrogen (secondary N) is 1. The molecule has 10 heavy (non-hydrogen) atoms. The fourth-order valence-corrected chi connectivity index (χ4v) is 0.799. The van der Waals surface area contributed by atoms with Crippen molar-refractivity contribution < 1.29 is 4.39 Å². The first-order valence-corrected chi connectivity index (χ1v) is 3.20. The standard InChI is InChI=1S/C6H5ClFNO/c7-2-4-1-5(8)3-9-6(4)10/h1,3H,2H2,(H,9,10). The smallest absolute Gasteiger partial charge is 0.252 e. The molecule has 0 fully saturated rings. The zero-order valence-electron chi connectivity index (χ0n) is 5.03. The van der Waals surface area contributed by atoms with Crippen molar-refractivity contribution in [2.75, 3.05) is 0 Å². The number of hydrogen-bond acceptors (Lipinski definition) is 1. The Labute approximate surface area is 61.6 Å². The van der Waals surface area contributed by atoms with Crippen LogP contribution in [0, 0.1) is 5.82 Å². The highest BCUT2D eigenvalue weighted by Crippen LogP contribution is 1.98. The average molecular weight is 162 g/mol. The van der Waals surface area contributed by atoms with Crippen LogP contribution in [-0.2, 0) is 5.88 Å². The lowest BCUT2D eigenvalue weighted by molar-refractivity contribution is 0.618. The van der Waals surface area contributed by atoms with Gasteiger partial charge in [-0.25, -0.2) is 4.39 Å². The Hall–Kier alpha value is -0.830. The first kappa shape index (κ1) is 7.28. The molecule has 1 rings (SSSR count). The Morgan fingerprint density at radius 1 is 1.70 bits per heavy atom. The summed E-state index contributed by atoms with van der Waals surface area (Å²) < 4.78 is 12.3. The fourth-order valence-electron chi connectivity index (χ4n) is 0.600. The Morgan fingerprint density at radius 3 is 2.90 bits per heavy atom. The Bertz CT molecular complexity index is 283. The number of aromatic amines is 1. The second-order valence-electron chi connectivity index (χ2n) is 1.81. The molecule has 0 aromatic carbocycles. The van der Waals surface area contributed by atoms with Gasteiger partial charge in [-0.2, -0.15) is 0 Å². The molecule has 0 aliphatic heterocycles. The molecule has 0 radical (unpaired) electrons. The van der Waals surface area contributed by atoms with Gasteiger partial charge in [0, 0.05) is 11.8 Å². The molecule has 1 aromatic rings. The lowest BCUT2D eigenvalue weighted by atomic mass is 10.3. The maximum atomic E-state index is 12.3. The maximum Gasteiger partial charge on any atom is 0.252 e. The summed E-state index contributed by atoms with van der Waals surface area (Å²) in [6, 6.07) is 1.12. The molecule has 54 valence electrons. The number of aromatic nitrogens is 1. The number of rotatable bonds is 1. The third kappa shape index (κ3) is 1.36. The molecule has 2 nitrogen and oxygen atoms in total. The first-order valence-electron chi connectivity index (χ1n) is 2.67. The minimum absolute atomic E-state index is 0.0348. The number of halogens is 2. The van der Waals surface area contributed by atoms with Crippen molar-refractivity contribution in [2.24, 2.45) is 0 Å².